The van der Waals surface area contributed by atoms with E-state index < -0.39 is 0 Å². The van der Waals surface area contributed by atoms with Crippen molar-refractivity contribution in [1.82, 2.24) is 15.1 Å². The number of likely N-dealkylation sites (tertiary alicyclic amines) is 1. The van der Waals surface area contributed by atoms with Crippen LogP contribution >= 0.6 is 0 Å². The van der Waals surface area contributed by atoms with Gasteiger partial charge in [0.1, 0.15) is 5.75 Å². The van der Waals surface area contributed by atoms with Gasteiger partial charge in [0.2, 0.25) is 5.91 Å². The number of aromatic amines is 1. The minimum Gasteiger partial charge on any atom is -0.497 e. The number of hydrogen-bond donors (Lipinski definition) is 2. The second-order valence-corrected chi connectivity index (χ2v) is 8.85. The molecule has 0 bridgehead atoms. The second kappa shape index (κ2) is 10.0. The highest BCUT2D eigenvalue weighted by atomic mass is 16.5. The SMILES string of the molecule is COc1cccc(-c2ccc(NC(=O)C3CCCN(Cc4cc(C(C)C)n[nH]4)C3)cc2)c1. The molecule has 3 aromatic rings. The summed E-state index contributed by atoms with van der Waals surface area (Å²) in [5, 5.41) is 10.6. The average molecular weight is 433 g/mol. The molecule has 2 aromatic carbocycles. The lowest BCUT2D eigenvalue weighted by Crippen LogP contribution is -2.40. The van der Waals surface area contributed by atoms with E-state index in [1.54, 1.807) is 7.11 Å². The van der Waals surface area contributed by atoms with Crippen molar-refractivity contribution in [3.8, 4) is 16.9 Å². The first-order chi connectivity index (χ1) is 15.5. The Morgan fingerprint density at radius 2 is 2.00 bits per heavy atom. The molecule has 1 fully saturated rings. The van der Waals surface area contributed by atoms with E-state index in [-0.39, 0.29) is 11.8 Å². The Kier molecular flexibility index (Phi) is 6.90. The Bertz CT molecular complexity index is 1040. The summed E-state index contributed by atoms with van der Waals surface area (Å²) in [7, 11) is 1.67. The number of nitrogens with zero attached hydrogens (tertiary/aromatic N) is 2. The molecule has 168 valence electrons. The number of aromatic nitrogens is 2. The van der Waals surface area contributed by atoms with Gasteiger partial charge in [-0.15, -0.1) is 0 Å². The Morgan fingerprint density at radius 1 is 1.19 bits per heavy atom. The maximum atomic E-state index is 12.9. The normalized spacial score (nSPS) is 16.8. The molecule has 1 aliphatic heterocycles. The number of benzene rings is 2. The van der Waals surface area contributed by atoms with Gasteiger partial charge in [0.25, 0.3) is 0 Å². The molecule has 6 nitrogen and oxygen atoms in total. The van der Waals surface area contributed by atoms with Gasteiger partial charge in [-0.05, 0) is 66.8 Å². The highest BCUT2D eigenvalue weighted by Gasteiger charge is 2.26. The molecule has 4 rings (SSSR count). The zero-order valence-corrected chi connectivity index (χ0v) is 19.1. The fourth-order valence-electron chi connectivity index (χ4n) is 4.20. The predicted molar refractivity (Wildman–Crippen MR) is 128 cm³/mol. The third kappa shape index (κ3) is 5.37. The van der Waals surface area contributed by atoms with Crippen LogP contribution in [0.4, 0.5) is 5.69 Å². The van der Waals surface area contributed by atoms with Crippen molar-refractivity contribution in [3.05, 3.63) is 66.0 Å². The van der Waals surface area contributed by atoms with E-state index >= 15 is 0 Å². The van der Waals surface area contributed by atoms with Gasteiger partial charge < -0.3 is 10.1 Å². The molecule has 1 unspecified atom stereocenters. The number of piperidine rings is 1. The second-order valence-electron chi connectivity index (χ2n) is 8.85. The van der Waals surface area contributed by atoms with Crippen LogP contribution in [0.25, 0.3) is 11.1 Å². The third-order valence-electron chi connectivity index (χ3n) is 6.07. The standard InChI is InChI=1S/C26H32N4O2/c1-18(2)25-15-23(28-29-25)17-30-13-5-7-21(16-30)26(31)27-22-11-9-19(10-12-22)20-6-4-8-24(14-20)32-3/h4,6,8-12,14-15,18,21H,5,7,13,16-17H2,1-3H3,(H,27,31)(H,28,29). The van der Waals surface area contributed by atoms with Crippen LogP contribution < -0.4 is 10.1 Å². The summed E-state index contributed by atoms with van der Waals surface area (Å²) in [6, 6.07) is 18.1. The summed E-state index contributed by atoms with van der Waals surface area (Å²) in [6.07, 6.45) is 1.95. The molecule has 0 radical (unpaired) electrons. The molecule has 32 heavy (non-hydrogen) atoms. The van der Waals surface area contributed by atoms with E-state index in [0.717, 1.165) is 66.4 Å². The van der Waals surface area contributed by atoms with Gasteiger partial charge in [0.15, 0.2) is 0 Å². The van der Waals surface area contributed by atoms with Crippen LogP contribution in [-0.4, -0.2) is 41.2 Å². The number of rotatable bonds is 7. The zero-order chi connectivity index (χ0) is 22.5. The average Bonchev–Trinajstić information content (AvgIpc) is 3.28. The van der Waals surface area contributed by atoms with Gasteiger partial charge >= 0.3 is 0 Å². The fourth-order valence-corrected chi connectivity index (χ4v) is 4.20. The summed E-state index contributed by atoms with van der Waals surface area (Å²) in [5.74, 6) is 1.33. The number of H-pyrrole nitrogens is 1. The molecule has 0 saturated carbocycles. The molecule has 0 spiro atoms. The quantitative estimate of drug-likeness (QED) is 0.548. The van der Waals surface area contributed by atoms with Crippen molar-refractivity contribution < 1.29 is 9.53 Å². The van der Waals surface area contributed by atoms with E-state index in [4.69, 9.17) is 4.74 Å². The Hall–Kier alpha value is -3.12. The van der Waals surface area contributed by atoms with E-state index in [9.17, 15) is 4.79 Å². The molecule has 1 atom stereocenters. The van der Waals surface area contributed by atoms with Crippen LogP contribution in [0.2, 0.25) is 0 Å². The molecule has 0 aliphatic carbocycles. The number of amides is 1. The lowest BCUT2D eigenvalue weighted by molar-refractivity contribution is -0.121. The summed E-state index contributed by atoms with van der Waals surface area (Å²) in [4.78, 5) is 15.3. The molecule has 1 saturated heterocycles. The van der Waals surface area contributed by atoms with Crippen LogP contribution in [-0.2, 0) is 11.3 Å². The monoisotopic (exact) mass is 432 g/mol. The molecular formula is C26H32N4O2. The smallest absolute Gasteiger partial charge is 0.228 e. The minimum absolute atomic E-state index is 0.00528. The number of methoxy groups -OCH3 is 1. The van der Waals surface area contributed by atoms with E-state index in [1.165, 1.54) is 0 Å². The fraction of sp³-hybridized carbons (Fsp3) is 0.385. The lowest BCUT2D eigenvalue weighted by atomic mass is 9.96. The van der Waals surface area contributed by atoms with Crippen LogP contribution in [0.1, 0.15) is 44.0 Å². The number of carbonyl (C=O) groups is 1. The molecule has 2 N–H and O–H groups in total. The number of anilines is 1. The van der Waals surface area contributed by atoms with Crippen LogP contribution in [0.5, 0.6) is 5.75 Å². The van der Waals surface area contributed by atoms with Crippen LogP contribution in [0.3, 0.4) is 0 Å². The van der Waals surface area contributed by atoms with Crippen molar-refractivity contribution in [2.45, 2.75) is 39.2 Å². The summed E-state index contributed by atoms with van der Waals surface area (Å²) >= 11 is 0. The number of ether oxygens (including phenoxy) is 1. The molecule has 2 heterocycles. The first-order valence-corrected chi connectivity index (χ1v) is 11.3. The topological polar surface area (TPSA) is 70.2 Å². The van der Waals surface area contributed by atoms with E-state index in [0.29, 0.717) is 5.92 Å². The van der Waals surface area contributed by atoms with Crippen LogP contribution in [0, 0.1) is 5.92 Å². The molecule has 1 amide bonds. The van der Waals surface area contributed by atoms with Crippen molar-refractivity contribution in [2.75, 3.05) is 25.5 Å². The molecular weight excluding hydrogens is 400 g/mol. The first-order valence-electron chi connectivity index (χ1n) is 11.3. The van der Waals surface area contributed by atoms with Gasteiger partial charge in [0.05, 0.1) is 18.7 Å². The van der Waals surface area contributed by atoms with Gasteiger partial charge in [-0.2, -0.15) is 5.10 Å². The van der Waals surface area contributed by atoms with Gasteiger partial charge in [-0.25, -0.2) is 0 Å². The number of nitrogens with one attached hydrogen (secondary N) is 2. The zero-order valence-electron chi connectivity index (χ0n) is 19.1. The van der Waals surface area contributed by atoms with Gasteiger partial charge in [-0.3, -0.25) is 14.8 Å². The van der Waals surface area contributed by atoms with Gasteiger partial charge in [0, 0.05) is 24.5 Å². The number of carbonyl (C=O) groups excluding carboxylic acids is 1. The van der Waals surface area contributed by atoms with Crippen molar-refractivity contribution in [3.63, 3.8) is 0 Å². The van der Waals surface area contributed by atoms with Crippen LogP contribution in [0.15, 0.2) is 54.6 Å². The van der Waals surface area contributed by atoms with Crippen molar-refractivity contribution in [2.24, 2.45) is 5.92 Å². The maximum absolute atomic E-state index is 12.9. The Morgan fingerprint density at radius 3 is 2.72 bits per heavy atom. The maximum Gasteiger partial charge on any atom is 0.228 e. The summed E-state index contributed by atoms with van der Waals surface area (Å²) < 4.78 is 5.31. The molecule has 1 aromatic heterocycles. The molecule has 1 aliphatic rings. The van der Waals surface area contributed by atoms with E-state index in [2.05, 4.69) is 46.4 Å². The van der Waals surface area contributed by atoms with Crippen molar-refractivity contribution in [1.29, 1.82) is 0 Å². The largest absolute Gasteiger partial charge is 0.497 e. The third-order valence-corrected chi connectivity index (χ3v) is 6.07. The highest BCUT2D eigenvalue weighted by Crippen LogP contribution is 2.26. The summed E-state index contributed by atoms with van der Waals surface area (Å²) in [5.41, 5.74) is 5.20. The Balaban J connectivity index is 1.34. The van der Waals surface area contributed by atoms with Gasteiger partial charge in [-0.1, -0.05) is 38.1 Å². The number of hydrogen-bond acceptors (Lipinski definition) is 4. The highest BCUT2D eigenvalue weighted by molar-refractivity contribution is 5.93. The first kappa shape index (κ1) is 22.1. The van der Waals surface area contributed by atoms with Crippen molar-refractivity contribution >= 4 is 11.6 Å². The predicted octanol–water partition coefficient (Wildman–Crippen LogP) is 5.06. The van der Waals surface area contributed by atoms with E-state index in [1.807, 2.05) is 42.5 Å². The molecule has 6 heteroatoms. The lowest BCUT2D eigenvalue weighted by Gasteiger charge is -2.31. The minimum atomic E-state index is -0.00528. The Labute approximate surface area is 190 Å². The summed E-state index contributed by atoms with van der Waals surface area (Å²) in [6.45, 7) is 6.87.